The van der Waals surface area contributed by atoms with Crippen molar-refractivity contribution in [3.05, 3.63) is 22.4 Å². The summed E-state index contributed by atoms with van der Waals surface area (Å²) >= 11 is 0. The first-order valence-corrected chi connectivity index (χ1v) is 4.19. The largest absolute Gasteiger partial charge is 0.310 e. The number of H-pyrrole nitrogens is 1. The van der Waals surface area contributed by atoms with E-state index in [4.69, 9.17) is 0 Å². The molecule has 1 rings (SSSR count). The lowest BCUT2D eigenvalue weighted by molar-refractivity contribution is 0.600. The van der Waals surface area contributed by atoms with Gasteiger partial charge in [-0.05, 0) is 12.8 Å². The Hall–Kier alpha value is -1.19. The van der Waals surface area contributed by atoms with Crippen molar-refractivity contribution in [2.24, 2.45) is 0 Å². The van der Waals surface area contributed by atoms with Crippen LogP contribution in [0.2, 0.25) is 0 Å². The molecule has 1 aromatic heterocycles. The Kier molecular flexibility index (Phi) is 2.96. The highest BCUT2D eigenvalue weighted by atomic mass is 16.1. The predicted molar refractivity (Wildman–Crippen MR) is 46.0 cm³/mol. The van der Waals surface area contributed by atoms with Gasteiger partial charge in [0.15, 0.2) is 0 Å². The van der Waals surface area contributed by atoms with E-state index in [1.807, 2.05) is 13.8 Å². The monoisotopic (exact) mass is 167 g/mol. The Balaban J connectivity index is 3.00. The minimum atomic E-state index is -0.112. The molecule has 0 aliphatic rings. The van der Waals surface area contributed by atoms with Crippen molar-refractivity contribution in [1.82, 2.24) is 15.2 Å². The van der Waals surface area contributed by atoms with Crippen LogP contribution in [-0.2, 0) is 0 Å². The van der Waals surface area contributed by atoms with Gasteiger partial charge in [-0.1, -0.05) is 13.8 Å². The fourth-order valence-electron chi connectivity index (χ4n) is 1.24. The maximum Gasteiger partial charge on any atom is 0.272 e. The standard InChI is InChI=1S/C8H13N3O/c1-3-6(4-2)7-8(12)9-5-10-11-7/h5-6H,3-4H2,1-2H3,(H,9,10,12). The number of nitrogens with one attached hydrogen (secondary N) is 1. The summed E-state index contributed by atoms with van der Waals surface area (Å²) in [4.78, 5) is 13.7. The van der Waals surface area contributed by atoms with Gasteiger partial charge in [-0.2, -0.15) is 0 Å². The third-order valence-corrected chi connectivity index (χ3v) is 2.02. The topological polar surface area (TPSA) is 58.6 Å². The van der Waals surface area contributed by atoms with E-state index in [0.29, 0.717) is 5.69 Å². The maximum absolute atomic E-state index is 11.2. The third kappa shape index (κ3) is 1.69. The van der Waals surface area contributed by atoms with E-state index in [1.54, 1.807) is 0 Å². The molecule has 0 saturated carbocycles. The minimum Gasteiger partial charge on any atom is -0.310 e. The summed E-state index contributed by atoms with van der Waals surface area (Å²) in [5, 5.41) is 7.48. The molecular formula is C8H13N3O. The van der Waals surface area contributed by atoms with Crippen molar-refractivity contribution in [1.29, 1.82) is 0 Å². The molecule has 4 heteroatoms. The lowest BCUT2D eigenvalue weighted by Gasteiger charge is -2.07. The summed E-state index contributed by atoms with van der Waals surface area (Å²) in [5.74, 6) is 0.238. The number of hydrogen-bond acceptors (Lipinski definition) is 3. The number of rotatable bonds is 3. The van der Waals surface area contributed by atoms with Crippen molar-refractivity contribution in [2.75, 3.05) is 0 Å². The Bertz CT molecular complexity index is 290. The Morgan fingerprint density at radius 3 is 2.67 bits per heavy atom. The second-order valence-electron chi connectivity index (χ2n) is 2.72. The molecule has 0 aromatic carbocycles. The van der Waals surface area contributed by atoms with E-state index < -0.39 is 0 Å². The van der Waals surface area contributed by atoms with Crippen LogP contribution in [0.3, 0.4) is 0 Å². The maximum atomic E-state index is 11.2. The van der Waals surface area contributed by atoms with Crippen LogP contribution < -0.4 is 5.56 Å². The van der Waals surface area contributed by atoms with Gasteiger partial charge in [-0.25, -0.2) is 0 Å². The zero-order valence-corrected chi connectivity index (χ0v) is 7.37. The van der Waals surface area contributed by atoms with E-state index in [9.17, 15) is 4.79 Å². The zero-order valence-electron chi connectivity index (χ0n) is 7.37. The van der Waals surface area contributed by atoms with E-state index >= 15 is 0 Å². The van der Waals surface area contributed by atoms with Gasteiger partial charge < -0.3 is 4.98 Å². The molecular weight excluding hydrogens is 154 g/mol. The van der Waals surface area contributed by atoms with Crippen molar-refractivity contribution >= 4 is 0 Å². The SMILES string of the molecule is CCC(CC)c1nnc[nH]c1=O. The molecule has 66 valence electrons. The normalized spacial score (nSPS) is 10.6. The molecule has 0 amide bonds. The molecule has 0 spiro atoms. The molecule has 0 bridgehead atoms. The Morgan fingerprint density at radius 2 is 2.17 bits per heavy atom. The molecule has 1 aromatic rings. The van der Waals surface area contributed by atoms with Crippen LogP contribution in [0.5, 0.6) is 0 Å². The highest BCUT2D eigenvalue weighted by molar-refractivity contribution is 5.00. The smallest absolute Gasteiger partial charge is 0.272 e. The van der Waals surface area contributed by atoms with Crippen LogP contribution in [-0.4, -0.2) is 15.2 Å². The molecule has 4 nitrogen and oxygen atoms in total. The van der Waals surface area contributed by atoms with Gasteiger partial charge in [-0.15, -0.1) is 10.2 Å². The molecule has 0 aliphatic heterocycles. The van der Waals surface area contributed by atoms with E-state index in [2.05, 4.69) is 15.2 Å². The second-order valence-corrected chi connectivity index (χ2v) is 2.72. The molecule has 1 N–H and O–H groups in total. The molecule has 1 heterocycles. The fraction of sp³-hybridized carbons (Fsp3) is 0.625. The van der Waals surface area contributed by atoms with Gasteiger partial charge in [0.2, 0.25) is 0 Å². The lowest BCUT2D eigenvalue weighted by Crippen LogP contribution is -2.18. The van der Waals surface area contributed by atoms with Crippen LogP contribution >= 0.6 is 0 Å². The summed E-state index contributed by atoms with van der Waals surface area (Å²) in [7, 11) is 0. The van der Waals surface area contributed by atoms with Crippen LogP contribution in [0, 0.1) is 0 Å². The molecule has 0 aliphatic carbocycles. The number of aromatic amines is 1. The third-order valence-electron chi connectivity index (χ3n) is 2.02. The van der Waals surface area contributed by atoms with Crippen LogP contribution in [0.1, 0.15) is 38.3 Å². The predicted octanol–water partition coefficient (Wildman–Crippen LogP) is 1.07. The molecule has 12 heavy (non-hydrogen) atoms. The molecule has 0 atom stereocenters. The van der Waals surface area contributed by atoms with Crippen molar-refractivity contribution < 1.29 is 0 Å². The zero-order chi connectivity index (χ0) is 8.97. The Labute approximate surface area is 71.0 Å². The molecule has 0 unspecified atom stereocenters. The molecule has 0 radical (unpaired) electrons. The van der Waals surface area contributed by atoms with Gasteiger partial charge in [0.05, 0.1) is 0 Å². The van der Waals surface area contributed by atoms with Crippen molar-refractivity contribution in [3.63, 3.8) is 0 Å². The first kappa shape index (κ1) is 8.90. The summed E-state index contributed by atoms with van der Waals surface area (Å²) in [5.41, 5.74) is 0.446. The second kappa shape index (κ2) is 3.99. The van der Waals surface area contributed by atoms with Crippen LogP contribution in [0.4, 0.5) is 0 Å². The van der Waals surface area contributed by atoms with E-state index in [0.717, 1.165) is 12.8 Å². The van der Waals surface area contributed by atoms with Gasteiger partial charge in [0.1, 0.15) is 12.0 Å². The first-order chi connectivity index (χ1) is 5.79. The van der Waals surface area contributed by atoms with Gasteiger partial charge in [0, 0.05) is 5.92 Å². The number of aromatic nitrogens is 3. The van der Waals surface area contributed by atoms with Gasteiger partial charge in [-0.3, -0.25) is 4.79 Å². The first-order valence-electron chi connectivity index (χ1n) is 4.19. The fourth-order valence-corrected chi connectivity index (χ4v) is 1.24. The van der Waals surface area contributed by atoms with Crippen molar-refractivity contribution in [2.45, 2.75) is 32.6 Å². The minimum absolute atomic E-state index is 0.112. The summed E-state index contributed by atoms with van der Waals surface area (Å²) < 4.78 is 0. The van der Waals surface area contributed by atoms with Crippen molar-refractivity contribution in [3.8, 4) is 0 Å². The summed E-state index contributed by atoms with van der Waals surface area (Å²) in [6.07, 6.45) is 3.17. The Morgan fingerprint density at radius 1 is 1.50 bits per heavy atom. The highest BCUT2D eigenvalue weighted by Gasteiger charge is 2.12. The summed E-state index contributed by atoms with van der Waals surface area (Å²) in [6.45, 7) is 4.09. The molecule has 0 fully saturated rings. The van der Waals surface area contributed by atoms with Crippen LogP contribution in [0.15, 0.2) is 11.1 Å². The molecule has 0 saturated heterocycles. The van der Waals surface area contributed by atoms with E-state index in [1.165, 1.54) is 6.33 Å². The summed E-state index contributed by atoms with van der Waals surface area (Å²) in [6, 6.07) is 0. The highest BCUT2D eigenvalue weighted by Crippen LogP contribution is 2.16. The quantitative estimate of drug-likeness (QED) is 0.732. The number of hydrogen-bond donors (Lipinski definition) is 1. The lowest BCUT2D eigenvalue weighted by atomic mass is 10.0. The van der Waals surface area contributed by atoms with Gasteiger partial charge in [0.25, 0.3) is 5.56 Å². The van der Waals surface area contributed by atoms with E-state index in [-0.39, 0.29) is 11.5 Å². The number of nitrogens with zero attached hydrogens (tertiary/aromatic N) is 2. The average molecular weight is 167 g/mol. The van der Waals surface area contributed by atoms with Crippen LogP contribution in [0.25, 0.3) is 0 Å². The average Bonchev–Trinajstić information content (AvgIpc) is 2.10. The van der Waals surface area contributed by atoms with Gasteiger partial charge >= 0.3 is 0 Å².